The van der Waals surface area contributed by atoms with E-state index in [0.717, 1.165) is 11.4 Å². The van der Waals surface area contributed by atoms with Gasteiger partial charge in [-0.2, -0.15) is 0 Å². The molecule has 0 aromatic heterocycles. The Kier molecular flexibility index (Phi) is 8.34. The fraction of sp³-hybridized carbons (Fsp3) is 0.364. The number of para-hydroxylation sites is 1. The number of nitrogens with zero attached hydrogens (tertiary/aromatic N) is 1. The van der Waals surface area contributed by atoms with Gasteiger partial charge in [-0.25, -0.2) is 0 Å². The number of esters is 1. The van der Waals surface area contributed by atoms with Crippen LogP contribution in [0.25, 0.3) is 0 Å². The highest BCUT2D eigenvalue weighted by Crippen LogP contribution is 2.18. The standard InChI is InChI=1S/C22H27NO5/c1-4-26-19-10-12-20(13-11-19)27-15-14-22(25)28-16-21(24)23(17(2)3)18-8-6-5-7-9-18/h5-13,17H,4,14-16H2,1-3H3. The summed E-state index contributed by atoms with van der Waals surface area (Å²) >= 11 is 0. The monoisotopic (exact) mass is 385 g/mol. The minimum absolute atomic E-state index is 0.0448. The molecule has 2 aromatic rings. The van der Waals surface area contributed by atoms with Crippen molar-refractivity contribution in [1.29, 1.82) is 0 Å². The van der Waals surface area contributed by atoms with Gasteiger partial charge in [-0.05, 0) is 57.2 Å². The van der Waals surface area contributed by atoms with Crippen LogP contribution in [-0.4, -0.2) is 37.7 Å². The van der Waals surface area contributed by atoms with Gasteiger partial charge in [0.1, 0.15) is 11.5 Å². The molecule has 150 valence electrons. The minimum atomic E-state index is -0.476. The van der Waals surface area contributed by atoms with Crippen LogP contribution in [0.4, 0.5) is 5.69 Å². The summed E-state index contributed by atoms with van der Waals surface area (Å²) in [5, 5.41) is 0. The average Bonchev–Trinajstić information content (AvgIpc) is 2.69. The van der Waals surface area contributed by atoms with Gasteiger partial charge >= 0.3 is 5.97 Å². The van der Waals surface area contributed by atoms with Crippen molar-refractivity contribution in [2.45, 2.75) is 33.2 Å². The number of amides is 1. The van der Waals surface area contributed by atoms with Gasteiger partial charge in [-0.3, -0.25) is 9.59 Å². The lowest BCUT2D eigenvalue weighted by molar-refractivity contribution is -0.148. The van der Waals surface area contributed by atoms with Crippen LogP contribution < -0.4 is 14.4 Å². The molecule has 2 rings (SSSR count). The first-order valence-electron chi connectivity index (χ1n) is 9.39. The number of ether oxygens (including phenoxy) is 3. The van der Waals surface area contributed by atoms with Crippen LogP contribution >= 0.6 is 0 Å². The number of hydrogen-bond donors (Lipinski definition) is 0. The Labute approximate surface area is 166 Å². The summed E-state index contributed by atoms with van der Waals surface area (Å²) in [6, 6.07) is 16.4. The highest BCUT2D eigenvalue weighted by atomic mass is 16.5. The second-order valence-electron chi connectivity index (χ2n) is 6.36. The molecule has 0 bridgehead atoms. The Balaban J connectivity index is 1.75. The van der Waals surface area contributed by atoms with E-state index in [9.17, 15) is 9.59 Å². The summed E-state index contributed by atoms with van der Waals surface area (Å²) < 4.78 is 16.0. The number of rotatable bonds is 10. The minimum Gasteiger partial charge on any atom is -0.494 e. The van der Waals surface area contributed by atoms with Crippen molar-refractivity contribution in [1.82, 2.24) is 0 Å². The molecule has 0 unspecified atom stereocenters. The van der Waals surface area contributed by atoms with E-state index in [1.807, 2.05) is 51.1 Å². The predicted molar refractivity (Wildman–Crippen MR) is 108 cm³/mol. The number of hydrogen-bond acceptors (Lipinski definition) is 5. The maximum Gasteiger partial charge on any atom is 0.309 e. The molecule has 2 aromatic carbocycles. The van der Waals surface area contributed by atoms with Crippen LogP contribution in [0, 0.1) is 0 Å². The van der Waals surface area contributed by atoms with Crippen LogP contribution in [0.2, 0.25) is 0 Å². The van der Waals surface area contributed by atoms with Gasteiger partial charge < -0.3 is 19.1 Å². The Bertz CT molecular complexity index is 743. The van der Waals surface area contributed by atoms with Gasteiger partial charge in [-0.1, -0.05) is 18.2 Å². The first-order valence-corrected chi connectivity index (χ1v) is 9.39. The van der Waals surface area contributed by atoms with E-state index in [0.29, 0.717) is 12.4 Å². The molecule has 6 heteroatoms. The van der Waals surface area contributed by atoms with E-state index in [1.165, 1.54) is 0 Å². The normalized spacial score (nSPS) is 10.4. The van der Waals surface area contributed by atoms with Crippen molar-refractivity contribution in [3.05, 3.63) is 54.6 Å². The lowest BCUT2D eigenvalue weighted by Gasteiger charge is -2.26. The predicted octanol–water partition coefficient (Wildman–Crippen LogP) is 3.84. The number of anilines is 1. The molecule has 0 spiro atoms. The van der Waals surface area contributed by atoms with Gasteiger partial charge in [0.15, 0.2) is 6.61 Å². The largest absolute Gasteiger partial charge is 0.494 e. The first kappa shape index (κ1) is 21.3. The van der Waals surface area contributed by atoms with Crippen molar-refractivity contribution in [2.75, 3.05) is 24.7 Å². The lowest BCUT2D eigenvalue weighted by atomic mass is 10.2. The summed E-state index contributed by atoms with van der Waals surface area (Å²) in [6.45, 7) is 6.22. The van der Waals surface area contributed by atoms with Gasteiger partial charge in [0.2, 0.25) is 0 Å². The van der Waals surface area contributed by atoms with Crippen LogP contribution in [0.3, 0.4) is 0 Å². The third-order valence-electron chi connectivity index (χ3n) is 3.89. The average molecular weight is 385 g/mol. The SMILES string of the molecule is CCOc1ccc(OCCC(=O)OCC(=O)N(c2ccccc2)C(C)C)cc1. The van der Waals surface area contributed by atoms with Gasteiger partial charge in [0.25, 0.3) is 5.91 Å². The van der Waals surface area contributed by atoms with Gasteiger partial charge in [0, 0.05) is 11.7 Å². The molecule has 0 aliphatic carbocycles. The number of carbonyl (C=O) groups is 2. The third-order valence-corrected chi connectivity index (χ3v) is 3.89. The smallest absolute Gasteiger partial charge is 0.309 e. The summed E-state index contributed by atoms with van der Waals surface area (Å²) in [4.78, 5) is 26.0. The quantitative estimate of drug-likeness (QED) is 0.582. The first-order chi connectivity index (χ1) is 13.5. The Morgan fingerprint density at radius 3 is 2.11 bits per heavy atom. The van der Waals surface area contributed by atoms with Crippen molar-refractivity contribution in [3.8, 4) is 11.5 Å². The van der Waals surface area contributed by atoms with Gasteiger partial charge in [-0.15, -0.1) is 0 Å². The molecule has 0 N–H and O–H groups in total. The van der Waals surface area contributed by atoms with E-state index in [1.54, 1.807) is 29.2 Å². The van der Waals surface area contributed by atoms with Crippen molar-refractivity contribution >= 4 is 17.6 Å². The molecular formula is C22H27NO5. The highest BCUT2D eigenvalue weighted by Gasteiger charge is 2.20. The van der Waals surface area contributed by atoms with Crippen LogP contribution in [-0.2, 0) is 14.3 Å². The zero-order valence-corrected chi connectivity index (χ0v) is 16.6. The van der Waals surface area contributed by atoms with Crippen LogP contribution in [0.1, 0.15) is 27.2 Å². The third kappa shape index (κ3) is 6.61. The molecule has 0 saturated heterocycles. The molecule has 0 fully saturated rings. The molecule has 1 amide bonds. The molecule has 0 radical (unpaired) electrons. The summed E-state index contributed by atoms with van der Waals surface area (Å²) in [5.74, 6) is 0.668. The fourth-order valence-corrected chi connectivity index (χ4v) is 2.65. The van der Waals surface area contributed by atoms with E-state index in [-0.39, 0.29) is 31.6 Å². The number of benzene rings is 2. The van der Waals surface area contributed by atoms with Crippen LogP contribution in [0.5, 0.6) is 11.5 Å². The molecule has 0 saturated carbocycles. The molecule has 0 aliphatic heterocycles. The molecule has 28 heavy (non-hydrogen) atoms. The summed E-state index contributed by atoms with van der Waals surface area (Å²) in [6.07, 6.45) is 0.0630. The molecule has 0 atom stereocenters. The lowest BCUT2D eigenvalue weighted by Crippen LogP contribution is -2.40. The van der Waals surface area contributed by atoms with Crippen molar-refractivity contribution in [3.63, 3.8) is 0 Å². The Morgan fingerprint density at radius 2 is 1.54 bits per heavy atom. The summed E-state index contributed by atoms with van der Waals surface area (Å²) in [5.41, 5.74) is 0.775. The van der Waals surface area contributed by atoms with Crippen LogP contribution in [0.15, 0.2) is 54.6 Å². The fourth-order valence-electron chi connectivity index (χ4n) is 2.65. The second-order valence-corrected chi connectivity index (χ2v) is 6.36. The molecule has 0 heterocycles. The zero-order valence-electron chi connectivity index (χ0n) is 16.6. The summed E-state index contributed by atoms with van der Waals surface area (Å²) in [7, 11) is 0. The topological polar surface area (TPSA) is 65.1 Å². The molecule has 0 aliphatic rings. The van der Waals surface area contributed by atoms with E-state index < -0.39 is 5.97 Å². The Hall–Kier alpha value is -3.02. The molecular weight excluding hydrogens is 358 g/mol. The molecule has 6 nitrogen and oxygen atoms in total. The van der Waals surface area contributed by atoms with E-state index in [2.05, 4.69) is 0 Å². The number of carbonyl (C=O) groups excluding carboxylic acids is 2. The second kappa shape index (κ2) is 11.0. The Morgan fingerprint density at radius 1 is 0.929 bits per heavy atom. The maximum absolute atomic E-state index is 12.5. The van der Waals surface area contributed by atoms with Crippen molar-refractivity contribution in [2.24, 2.45) is 0 Å². The highest BCUT2D eigenvalue weighted by molar-refractivity contribution is 5.95. The van der Waals surface area contributed by atoms with E-state index in [4.69, 9.17) is 14.2 Å². The van der Waals surface area contributed by atoms with Crippen molar-refractivity contribution < 1.29 is 23.8 Å². The maximum atomic E-state index is 12.5. The zero-order chi connectivity index (χ0) is 20.4. The van der Waals surface area contributed by atoms with Gasteiger partial charge in [0.05, 0.1) is 19.6 Å². The van der Waals surface area contributed by atoms with E-state index >= 15 is 0 Å².